The third-order valence-electron chi connectivity index (χ3n) is 5.94. The van der Waals surface area contributed by atoms with Crippen LogP contribution in [0.3, 0.4) is 0 Å². The first-order chi connectivity index (χ1) is 15.4. The molecule has 170 valence electrons. The number of ether oxygens (including phenoxy) is 1. The number of carbonyl (C=O) groups excluding carboxylic acids is 1. The van der Waals surface area contributed by atoms with Gasteiger partial charge in [-0.1, -0.05) is 54.1 Å². The van der Waals surface area contributed by atoms with Gasteiger partial charge in [-0.3, -0.25) is 4.79 Å². The van der Waals surface area contributed by atoms with Gasteiger partial charge in [0.2, 0.25) is 15.9 Å². The molecule has 0 saturated heterocycles. The topological polar surface area (TPSA) is 95.9 Å². The summed E-state index contributed by atoms with van der Waals surface area (Å²) in [6.45, 7) is 2.75. The molecule has 8 heteroatoms. The molecule has 3 atom stereocenters. The van der Waals surface area contributed by atoms with E-state index in [4.69, 9.17) is 4.74 Å². The van der Waals surface area contributed by atoms with Gasteiger partial charge in [-0.05, 0) is 36.6 Å². The summed E-state index contributed by atoms with van der Waals surface area (Å²) in [5.41, 5.74) is 3.39. The quantitative estimate of drug-likeness (QED) is 0.648. The van der Waals surface area contributed by atoms with E-state index in [1.54, 1.807) is 24.3 Å². The van der Waals surface area contributed by atoms with Gasteiger partial charge in [-0.2, -0.15) is 0 Å². The maximum atomic E-state index is 12.8. The number of benzene rings is 2. The van der Waals surface area contributed by atoms with Gasteiger partial charge >= 0.3 is 0 Å². The molecule has 0 bridgehead atoms. The van der Waals surface area contributed by atoms with Crippen LogP contribution in [0.15, 0.2) is 65.6 Å². The lowest BCUT2D eigenvalue weighted by Crippen LogP contribution is -2.49. The average molecular weight is 457 g/mol. The standard InChI is InChI=1S/C24H28N2O5S/c1-17-6-9-21(10-7-17)32(29,30)25-22-11-8-20(31-23(22)16-27)14-24(28)26-13-12-18-4-2-3-5-19(18)15-26/h2-11,20,22-23,25,27H,12-16H2,1H3/t20-,22+,23+/m0/s1. The summed E-state index contributed by atoms with van der Waals surface area (Å²) in [4.78, 5) is 14.8. The number of hydrogen-bond donors (Lipinski definition) is 2. The Balaban J connectivity index is 1.39. The Labute approximate surface area is 188 Å². The Kier molecular flexibility index (Phi) is 6.76. The van der Waals surface area contributed by atoms with Crippen molar-refractivity contribution in [3.8, 4) is 0 Å². The second kappa shape index (κ2) is 9.54. The van der Waals surface area contributed by atoms with Gasteiger partial charge in [0, 0.05) is 13.1 Å². The van der Waals surface area contributed by atoms with Gasteiger partial charge in [0.1, 0.15) is 6.10 Å². The molecule has 2 aromatic rings. The van der Waals surface area contributed by atoms with Crippen LogP contribution in [0.25, 0.3) is 0 Å². The van der Waals surface area contributed by atoms with Crippen molar-refractivity contribution in [2.24, 2.45) is 0 Å². The van der Waals surface area contributed by atoms with Crippen LogP contribution in [-0.2, 0) is 32.5 Å². The largest absolute Gasteiger partial charge is 0.394 e. The summed E-state index contributed by atoms with van der Waals surface area (Å²) in [5.74, 6) is -0.0236. The molecular formula is C24H28N2O5S. The van der Waals surface area contributed by atoms with E-state index in [1.165, 1.54) is 17.7 Å². The minimum absolute atomic E-state index is 0.0236. The summed E-state index contributed by atoms with van der Waals surface area (Å²) >= 11 is 0. The predicted molar refractivity (Wildman–Crippen MR) is 120 cm³/mol. The maximum Gasteiger partial charge on any atom is 0.241 e. The number of rotatable bonds is 6. The number of aliphatic hydroxyl groups is 1. The van der Waals surface area contributed by atoms with Gasteiger partial charge < -0.3 is 14.7 Å². The molecule has 2 heterocycles. The Bertz CT molecular complexity index is 1100. The second-order valence-electron chi connectivity index (χ2n) is 8.28. The normalized spacial score (nSPS) is 23.1. The Morgan fingerprint density at radius 3 is 2.56 bits per heavy atom. The number of sulfonamides is 1. The highest BCUT2D eigenvalue weighted by atomic mass is 32.2. The highest BCUT2D eigenvalue weighted by Crippen LogP contribution is 2.22. The van der Waals surface area contributed by atoms with Gasteiger partial charge in [0.25, 0.3) is 0 Å². The lowest BCUT2D eigenvalue weighted by Gasteiger charge is -2.33. The molecule has 1 amide bonds. The fraction of sp³-hybridized carbons (Fsp3) is 0.375. The van der Waals surface area contributed by atoms with Crippen LogP contribution in [0.4, 0.5) is 0 Å². The van der Waals surface area contributed by atoms with Gasteiger partial charge in [0.05, 0.1) is 30.1 Å². The summed E-state index contributed by atoms with van der Waals surface area (Å²) < 4.78 is 33.8. The van der Waals surface area contributed by atoms with Crippen molar-refractivity contribution < 1.29 is 23.1 Å². The van der Waals surface area contributed by atoms with Gasteiger partial charge in [-0.25, -0.2) is 13.1 Å². The lowest BCUT2D eigenvalue weighted by molar-refractivity contribution is -0.136. The van der Waals surface area contributed by atoms with E-state index in [2.05, 4.69) is 10.8 Å². The molecule has 0 fully saturated rings. The average Bonchev–Trinajstić information content (AvgIpc) is 2.79. The summed E-state index contributed by atoms with van der Waals surface area (Å²) in [7, 11) is -3.77. The Hall–Kier alpha value is -2.52. The van der Waals surface area contributed by atoms with Crippen molar-refractivity contribution in [3.05, 3.63) is 77.4 Å². The predicted octanol–water partition coefficient (Wildman–Crippen LogP) is 1.93. The van der Waals surface area contributed by atoms with Crippen LogP contribution in [0, 0.1) is 6.92 Å². The summed E-state index contributed by atoms with van der Waals surface area (Å²) in [6, 6.07) is 13.9. The monoisotopic (exact) mass is 456 g/mol. The highest BCUT2D eigenvalue weighted by molar-refractivity contribution is 7.89. The molecule has 4 rings (SSSR count). The fourth-order valence-electron chi connectivity index (χ4n) is 4.08. The zero-order valence-electron chi connectivity index (χ0n) is 18.0. The number of hydrogen-bond acceptors (Lipinski definition) is 5. The molecule has 32 heavy (non-hydrogen) atoms. The van der Waals surface area contributed by atoms with Gasteiger partial charge in [0.15, 0.2) is 0 Å². The molecule has 2 N–H and O–H groups in total. The Morgan fingerprint density at radius 2 is 1.84 bits per heavy atom. The molecule has 0 unspecified atom stereocenters. The molecule has 0 aliphatic carbocycles. The number of nitrogens with one attached hydrogen (secondary N) is 1. The number of aryl methyl sites for hydroxylation is 1. The highest BCUT2D eigenvalue weighted by Gasteiger charge is 2.32. The van der Waals surface area contributed by atoms with Crippen LogP contribution >= 0.6 is 0 Å². The molecule has 0 saturated carbocycles. The maximum absolute atomic E-state index is 12.8. The van der Waals surface area contributed by atoms with Crippen molar-refractivity contribution in [1.82, 2.24) is 9.62 Å². The van der Waals surface area contributed by atoms with E-state index in [9.17, 15) is 18.3 Å². The first-order valence-corrected chi connectivity index (χ1v) is 12.2. The molecule has 2 aromatic carbocycles. The molecule has 2 aliphatic heterocycles. The molecule has 2 aliphatic rings. The lowest BCUT2D eigenvalue weighted by atomic mass is 9.99. The van der Waals surface area contributed by atoms with E-state index in [1.807, 2.05) is 30.0 Å². The number of aliphatic hydroxyl groups excluding tert-OH is 1. The van der Waals surface area contributed by atoms with Crippen molar-refractivity contribution in [2.45, 2.75) is 49.5 Å². The van der Waals surface area contributed by atoms with Crippen LogP contribution in [0.1, 0.15) is 23.1 Å². The zero-order valence-corrected chi connectivity index (χ0v) is 18.8. The van der Waals surface area contributed by atoms with Crippen LogP contribution in [-0.4, -0.2) is 55.7 Å². The smallest absolute Gasteiger partial charge is 0.241 e. The third-order valence-corrected chi connectivity index (χ3v) is 7.42. The van der Waals surface area contributed by atoms with Crippen LogP contribution in [0.2, 0.25) is 0 Å². The summed E-state index contributed by atoms with van der Waals surface area (Å²) in [6.07, 6.45) is 3.04. The van der Waals surface area contributed by atoms with Crippen molar-refractivity contribution in [1.29, 1.82) is 0 Å². The molecule has 0 radical (unpaired) electrons. The SMILES string of the molecule is Cc1ccc(S(=O)(=O)N[C@@H]2C=C[C@@H](CC(=O)N3CCc4ccccc4C3)O[C@@H]2CO)cc1. The minimum atomic E-state index is -3.77. The first kappa shape index (κ1) is 22.7. The van der Waals surface area contributed by atoms with E-state index < -0.39 is 28.3 Å². The van der Waals surface area contributed by atoms with E-state index in [0.29, 0.717) is 13.1 Å². The number of amides is 1. The number of nitrogens with zero attached hydrogens (tertiary/aromatic N) is 1. The fourth-order valence-corrected chi connectivity index (χ4v) is 5.30. The van der Waals surface area contributed by atoms with E-state index >= 15 is 0 Å². The first-order valence-electron chi connectivity index (χ1n) is 10.7. The molecule has 0 spiro atoms. The number of fused-ring (bicyclic) bond motifs is 1. The van der Waals surface area contributed by atoms with Crippen molar-refractivity contribution >= 4 is 15.9 Å². The molecule has 0 aromatic heterocycles. The summed E-state index contributed by atoms with van der Waals surface area (Å²) in [5, 5.41) is 9.79. The van der Waals surface area contributed by atoms with E-state index in [0.717, 1.165) is 17.5 Å². The second-order valence-corrected chi connectivity index (χ2v) is 9.99. The van der Waals surface area contributed by atoms with E-state index in [-0.39, 0.29) is 23.8 Å². The van der Waals surface area contributed by atoms with Crippen LogP contribution < -0.4 is 4.72 Å². The van der Waals surface area contributed by atoms with Crippen molar-refractivity contribution in [2.75, 3.05) is 13.2 Å². The minimum Gasteiger partial charge on any atom is -0.394 e. The zero-order chi connectivity index (χ0) is 22.7. The van der Waals surface area contributed by atoms with Gasteiger partial charge in [-0.15, -0.1) is 0 Å². The molecule has 7 nitrogen and oxygen atoms in total. The van der Waals surface area contributed by atoms with Crippen LogP contribution in [0.5, 0.6) is 0 Å². The third kappa shape index (κ3) is 5.10. The Morgan fingerprint density at radius 1 is 1.12 bits per heavy atom. The number of carbonyl (C=O) groups is 1. The van der Waals surface area contributed by atoms with Crippen molar-refractivity contribution in [3.63, 3.8) is 0 Å². The molecular weight excluding hydrogens is 428 g/mol.